The maximum Gasteiger partial charge on any atom is 0.212 e. The van der Waals surface area contributed by atoms with Crippen molar-refractivity contribution >= 4 is 16.9 Å². The number of rotatable bonds is 5. The van der Waals surface area contributed by atoms with Crippen LogP contribution in [-0.2, 0) is 6.54 Å². The molecule has 7 nitrogen and oxygen atoms in total. The van der Waals surface area contributed by atoms with Crippen molar-refractivity contribution in [3.05, 3.63) is 64.7 Å². The molecule has 4 aromatic rings. The van der Waals surface area contributed by atoms with Crippen molar-refractivity contribution in [3.8, 4) is 17.0 Å². The summed E-state index contributed by atoms with van der Waals surface area (Å²) < 4.78 is 7.03. The molecule has 8 heteroatoms. The molecule has 1 aliphatic heterocycles. The van der Waals surface area contributed by atoms with Crippen LogP contribution in [0.1, 0.15) is 17.3 Å². The van der Waals surface area contributed by atoms with Gasteiger partial charge in [0, 0.05) is 55.8 Å². The van der Waals surface area contributed by atoms with E-state index in [4.69, 9.17) is 4.74 Å². The van der Waals surface area contributed by atoms with E-state index in [0.717, 1.165) is 48.5 Å². The van der Waals surface area contributed by atoms with Crippen molar-refractivity contribution in [1.29, 1.82) is 0 Å². The fourth-order valence-corrected chi connectivity index (χ4v) is 4.66. The fraction of sp³-hybridized carbons (Fsp3) is 0.318. The summed E-state index contributed by atoms with van der Waals surface area (Å²) in [7, 11) is 3.80. The molecule has 0 saturated carbocycles. The monoisotopic (exact) mass is 420 g/mol. The Kier molecular flexibility index (Phi) is 5.20. The summed E-state index contributed by atoms with van der Waals surface area (Å²) >= 11 is 1.76. The Hall–Kier alpha value is -2.81. The lowest BCUT2D eigenvalue weighted by Gasteiger charge is -2.38. The minimum atomic E-state index is 0.225. The molecule has 0 amide bonds. The van der Waals surface area contributed by atoms with Crippen molar-refractivity contribution in [2.24, 2.45) is 0 Å². The van der Waals surface area contributed by atoms with Crippen molar-refractivity contribution in [1.82, 2.24) is 29.6 Å². The fourth-order valence-electron chi connectivity index (χ4n) is 4.00. The Bertz CT molecular complexity index is 1120. The zero-order valence-electron chi connectivity index (χ0n) is 17.1. The maximum absolute atomic E-state index is 5.15. The molecule has 1 saturated heterocycles. The van der Waals surface area contributed by atoms with Crippen LogP contribution in [-0.4, -0.2) is 63.4 Å². The van der Waals surface area contributed by atoms with Crippen molar-refractivity contribution < 1.29 is 4.74 Å². The van der Waals surface area contributed by atoms with Crippen LogP contribution in [0, 0.1) is 0 Å². The van der Waals surface area contributed by atoms with E-state index in [2.05, 4.69) is 61.1 Å². The van der Waals surface area contributed by atoms with Crippen molar-refractivity contribution in [2.75, 3.05) is 33.8 Å². The van der Waals surface area contributed by atoms with E-state index < -0.39 is 0 Å². The Morgan fingerprint density at radius 2 is 2.03 bits per heavy atom. The third-order valence-corrected chi connectivity index (χ3v) is 6.49. The molecule has 0 unspecified atom stereocenters. The van der Waals surface area contributed by atoms with Gasteiger partial charge in [0.25, 0.3) is 0 Å². The number of likely N-dealkylation sites (N-methyl/N-ethyl adjacent to an activating group) is 1. The van der Waals surface area contributed by atoms with E-state index in [9.17, 15) is 0 Å². The number of pyridine rings is 2. The lowest BCUT2D eigenvalue weighted by atomic mass is 10.1. The van der Waals surface area contributed by atoms with Crippen LogP contribution in [0.15, 0.2) is 53.5 Å². The third-order valence-electron chi connectivity index (χ3n) is 5.75. The smallest absolute Gasteiger partial charge is 0.212 e. The number of hydrogen-bond donors (Lipinski definition) is 0. The highest BCUT2D eigenvalue weighted by molar-refractivity contribution is 7.07. The van der Waals surface area contributed by atoms with E-state index in [1.54, 1.807) is 18.4 Å². The van der Waals surface area contributed by atoms with Gasteiger partial charge in [-0.25, -0.2) is 9.50 Å². The third kappa shape index (κ3) is 3.69. The highest BCUT2D eigenvalue weighted by Crippen LogP contribution is 2.28. The van der Waals surface area contributed by atoms with Crippen LogP contribution in [0.4, 0.5) is 0 Å². The summed E-state index contributed by atoms with van der Waals surface area (Å²) in [5, 5.41) is 13.4. The molecule has 0 bridgehead atoms. The largest absolute Gasteiger partial charge is 0.481 e. The van der Waals surface area contributed by atoms with Gasteiger partial charge in [-0.2, -0.15) is 11.3 Å². The standard InChI is InChI=1S/C22H24N6OS/c1-26-8-9-27(12-16-7-10-30-15-16)14-20(26)22-19-5-3-18(13-28(19)25-24-22)17-4-6-21(29-2)23-11-17/h3-7,10-11,13,15,20H,8-9,12,14H2,1-2H3/t20-/m0/s1. The first-order valence-corrected chi connectivity index (χ1v) is 10.9. The lowest BCUT2D eigenvalue weighted by Crippen LogP contribution is -2.46. The molecule has 0 spiro atoms. The molecule has 154 valence electrons. The number of thiophene rings is 1. The first-order valence-electron chi connectivity index (χ1n) is 10.0. The summed E-state index contributed by atoms with van der Waals surface area (Å²) in [5.74, 6) is 0.607. The van der Waals surface area contributed by atoms with Crippen molar-refractivity contribution in [2.45, 2.75) is 12.6 Å². The number of fused-ring (bicyclic) bond motifs is 1. The number of piperazine rings is 1. The molecule has 0 N–H and O–H groups in total. The SMILES string of the molecule is COc1ccc(-c2ccc3c([C@@H]4CN(Cc5ccsc5)CCN4C)nnn3c2)cn1. The van der Waals surface area contributed by atoms with Crippen LogP contribution in [0.3, 0.4) is 0 Å². The first-order chi connectivity index (χ1) is 14.7. The number of methoxy groups -OCH3 is 1. The topological polar surface area (TPSA) is 58.8 Å². The van der Waals surface area contributed by atoms with Gasteiger partial charge < -0.3 is 4.74 Å². The second-order valence-corrected chi connectivity index (χ2v) is 8.45. The summed E-state index contributed by atoms with van der Waals surface area (Å²) in [6, 6.07) is 10.5. The van der Waals surface area contributed by atoms with E-state index in [0.29, 0.717) is 5.88 Å². The Morgan fingerprint density at radius 3 is 2.80 bits per heavy atom. The highest BCUT2D eigenvalue weighted by atomic mass is 32.1. The molecule has 5 heterocycles. The normalized spacial score (nSPS) is 18.1. The molecule has 30 heavy (non-hydrogen) atoms. The highest BCUT2D eigenvalue weighted by Gasteiger charge is 2.29. The maximum atomic E-state index is 5.15. The van der Waals surface area contributed by atoms with Gasteiger partial charge in [0.05, 0.1) is 18.7 Å². The van der Waals surface area contributed by atoms with Gasteiger partial charge in [-0.3, -0.25) is 9.80 Å². The summed E-state index contributed by atoms with van der Waals surface area (Å²) in [6.45, 7) is 4.02. The van der Waals surface area contributed by atoms with E-state index in [-0.39, 0.29) is 6.04 Å². The zero-order valence-corrected chi connectivity index (χ0v) is 17.9. The molecule has 1 aliphatic rings. The predicted molar refractivity (Wildman–Crippen MR) is 118 cm³/mol. The van der Waals surface area contributed by atoms with E-state index in [1.807, 2.05) is 29.0 Å². The molecule has 0 aliphatic carbocycles. The van der Waals surface area contributed by atoms with Crippen LogP contribution in [0.2, 0.25) is 0 Å². The van der Waals surface area contributed by atoms with Gasteiger partial charge in [-0.05, 0) is 41.6 Å². The molecule has 5 rings (SSSR count). The van der Waals surface area contributed by atoms with Crippen LogP contribution in [0.5, 0.6) is 5.88 Å². The molecule has 1 fully saturated rings. The molecular weight excluding hydrogens is 396 g/mol. The summed E-state index contributed by atoms with van der Waals surface area (Å²) in [5.41, 5.74) is 5.53. The molecule has 4 aromatic heterocycles. The molecule has 0 radical (unpaired) electrons. The summed E-state index contributed by atoms with van der Waals surface area (Å²) in [6.07, 6.45) is 3.83. The Morgan fingerprint density at radius 1 is 1.13 bits per heavy atom. The number of aromatic nitrogens is 4. The first kappa shape index (κ1) is 19.2. The lowest BCUT2D eigenvalue weighted by molar-refractivity contribution is 0.0890. The molecule has 0 aromatic carbocycles. The van der Waals surface area contributed by atoms with Gasteiger partial charge in [0.1, 0.15) is 5.69 Å². The number of hydrogen-bond acceptors (Lipinski definition) is 7. The van der Waals surface area contributed by atoms with E-state index >= 15 is 0 Å². The van der Waals surface area contributed by atoms with Gasteiger partial charge in [-0.15, -0.1) is 5.10 Å². The van der Waals surface area contributed by atoms with Gasteiger partial charge >= 0.3 is 0 Å². The van der Waals surface area contributed by atoms with Crippen LogP contribution in [0.25, 0.3) is 16.6 Å². The average molecular weight is 421 g/mol. The number of ether oxygens (including phenoxy) is 1. The summed E-state index contributed by atoms with van der Waals surface area (Å²) in [4.78, 5) is 9.20. The van der Waals surface area contributed by atoms with Crippen LogP contribution < -0.4 is 4.74 Å². The van der Waals surface area contributed by atoms with Crippen molar-refractivity contribution in [3.63, 3.8) is 0 Å². The Balaban J connectivity index is 1.40. The molecular formula is C22H24N6OS. The predicted octanol–water partition coefficient (Wildman–Crippen LogP) is 3.35. The van der Waals surface area contributed by atoms with Gasteiger partial charge in [0.2, 0.25) is 5.88 Å². The second-order valence-electron chi connectivity index (χ2n) is 7.67. The molecule has 1 atom stereocenters. The Labute approximate surface area is 179 Å². The minimum absolute atomic E-state index is 0.225. The average Bonchev–Trinajstić information content (AvgIpc) is 3.44. The van der Waals surface area contributed by atoms with E-state index in [1.165, 1.54) is 5.56 Å². The van der Waals surface area contributed by atoms with Gasteiger partial charge in [-0.1, -0.05) is 11.3 Å². The van der Waals surface area contributed by atoms with Crippen LogP contribution >= 0.6 is 11.3 Å². The second kappa shape index (κ2) is 8.14. The minimum Gasteiger partial charge on any atom is -0.481 e. The number of nitrogens with zero attached hydrogens (tertiary/aromatic N) is 6. The quantitative estimate of drug-likeness (QED) is 0.494. The zero-order chi connectivity index (χ0) is 20.5. The van der Waals surface area contributed by atoms with Gasteiger partial charge in [0.15, 0.2) is 0 Å².